The molecule has 0 heterocycles. The molecule has 5 heteroatoms. The van der Waals surface area contributed by atoms with E-state index in [1.165, 1.54) is 17.6 Å². The summed E-state index contributed by atoms with van der Waals surface area (Å²) in [5.41, 5.74) is 2.60. The SMILES string of the molecule is C=C(C)[C@H]1CC[C@@H](C)[C@]12CC=C(C)C[C@@H]2OP(=O)(N(C)C)N(C)C. The molecule has 138 valence electrons. The van der Waals surface area contributed by atoms with Gasteiger partial charge in [-0.05, 0) is 79.6 Å². The summed E-state index contributed by atoms with van der Waals surface area (Å²) < 4.78 is 23.5. The molecule has 0 N–H and O–H groups in total. The molecule has 0 aliphatic heterocycles. The van der Waals surface area contributed by atoms with Gasteiger partial charge in [-0.3, -0.25) is 4.57 Å². The highest BCUT2D eigenvalue weighted by Gasteiger charge is 2.56. The lowest BCUT2D eigenvalue weighted by atomic mass is 9.61. The molecule has 0 unspecified atom stereocenters. The summed E-state index contributed by atoms with van der Waals surface area (Å²) in [5.74, 6) is 0.992. The summed E-state index contributed by atoms with van der Waals surface area (Å²) in [6, 6.07) is 0. The zero-order valence-electron chi connectivity index (χ0n) is 16.5. The minimum Gasteiger partial charge on any atom is -0.302 e. The maximum Gasteiger partial charge on any atom is 0.345 e. The van der Waals surface area contributed by atoms with Crippen molar-refractivity contribution in [3.8, 4) is 0 Å². The van der Waals surface area contributed by atoms with Gasteiger partial charge in [0.25, 0.3) is 0 Å². The molecule has 0 radical (unpaired) electrons. The average molecular weight is 354 g/mol. The van der Waals surface area contributed by atoms with Crippen LogP contribution in [-0.4, -0.2) is 43.6 Å². The third-order valence-corrected chi connectivity index (χ3v) is 8.79. The summed E-state index contributed by atoms with van der Waals surface area (Å²) in [5, 5.41) is 0. The van der Waals surface area contributed by atoms with E-state index in [1.54, 1.807) is 9.34 Å². The van der Waals surface area contributed by atoms with Crippen LogP contribution in [0.25, 0.3) is 0 Å². The smallest absolute Gasteiger partial charge is 0.302 e. The van der Waals surface area contributed by atoms with Crippen molar-refractivity contribution >= 4 is 7.67 Å². The molecule has 4 atom stereocenters. The summed E-state index contributed by atoms with van der Waals surface area (Å²) in [6.45, 7) is 10.9. The molecule has 2 aliphatic carbocycles. The average Bonchev–Trinajstić information content (AvgIpc) is 2.80. The maximum absolute atomic E-state index is 13.5. The van der Waals surface area contributed by atoms with Gasteiger partial charge in [0.05, 0.1) is 6.10 Å². The number of allylic oxidation sites excluding steroid dienone is 2. The van der Waals surface area contributed by atoms with Crippen molar-refractivity contribution in [3.63, 3.8) is 0 Å². The van der Waals surface area contributed by atoms with Crippen molar-refractivity contribution < 1.29 is 9.09 Å². The second-order valence-electron chi connectivity index (χ2n) is 8.23. The Morgan fingerprint density at radius 2 is 1.88 bits per heavy atom. The molecule has 24 heavy (non-hydrogen) atoms. The minimum absolute atomic E-state index is 0.0209. The Bertz CT molecular complexity index is 558. The van der Waals surface area contributed by atoms with Crippen LogP contribution in [0.3, 0.4) is 0 Å². The highest BCUT2D eigenvalue weighted by atomic mass is 31.2. The van der Waals surface area contributed by atoms with Crippen LogP contribution in [0.5, 0.6) is 0 Å². The van der Waals surface area contributed by atoms with Gasteiger partial charge in [-0.2, -0.15) is 0 Å². The Labute approximate surface area is 148 Å². The predicted molar refractivity (Wildman–Crippen MR) is 102 cm³/mol. The maximum atomic E-state index is 13.5. The van der Waals surface area contributed by atoms with Crippen LogP contribution in [0.2, 0.25) is 0 Å². The quantitative estimate of drug-likeness (QED) is 0.516. The standard InChI is InChI=1S/C19H35N2O2P/c1-14(2)17-10-9-16(4)19(17)12-11-15(3)13-18(19)23-24(22,20(5)6)21(7)8/h11,16-18H,1,9-10,12-13H2,2-8H3/t16-,17-,18+,19-/m1/s1. The van der Waals surface area contributed by atoms with Crippen LogP contribution in [0, 0.1) is 17.3 Å². The van der Waals surface area contributed by atoms with Crippen LogP contribution in [0.1, 0.15) is 46.5 Å². The molecule has 0 aromatic carbocycles. The lowest BCUT2D eigenvalue weighted by Crippen LogP contribution is -2.47. The Kier molecular flexibility index (Phi) is 5.87. The van der Waals surface area contributed by atoms with Crippen molar-refractivity contribution in [2.75, 3.05) is 28.2 Å². The van der Waals surface area contributed by atoms with Crippen molar-refractivity contribution in [2.24, 2.45) is 17.3 Å². The summed E-state index contributed by atoms with van der Waals surface area (Å²) in [4.78, 5) is 0. The first-order valence-electron chi connectivity index (χ1n) is 9.00. The third-order valence-electron chi connectivity index (χ3n) is 6.24. The molecule has 0 aromatic rings. The number of rotatable bonds is 5. The van der Waals surface area contributed by atoms with E-state index in [9.17, 15) is 4.57 Å². The van der Waals surface area contributed by atoms with E-state index in [0.717, 1.165) is 19.3 Å². The Balaban J connectivity index is 2.46. The van der Waals surface area contributed by atoms with E-state index in [2.05, 4.69) is 33.4 Å². The molecular formula is C19H35N2O2P. The lowest BCUT2D eigenvalue weighted by molar-refractivity contribution is -0.0167. The van der Waals surface area contributed by atoms with E-state index in [-0.39, 0.29) is 11.5 Å². The highest BCUT2D eigenvalue weighted by Crippen LogP contribution is 2.63. The molecule has 2 rings (SSSR count). The molecule has 0 aromatic heterocycles. The fourth-order valence-electron chi connectivity index (χ4n) is 4.78. The van der Waals surface area contributed by atoms with Crippen molar-refractivity contribution in [2.45, 2.75) is 52.6 Å². The number of hydrogen-bond acceptors (Lipinski definition) is 2. The van der Waals surface area contributed by atoms with Crippen molar-refractivity contribution in [1.82, 2.24) is 9.34 Å². The molecule has 1 spiro atoms. The third kappa shape index (κ3) is 3.19. The molecule has 0 amide bonds. The van der Waals surface area contributed by atoms with Gasteiger partial charge >= 0.3 is 7.67 Å². The molecule has 1 fully saturated rings. The van der Waals surface area contributed by atoms with E-state index < -0.39 is 7.67 Å². The van der Waals surface area contributed by atoms with Gasteiger partial charge in [-0.1, -0.05) is 30.7 Å². The zero-order valence-corrected chi connectivity index (χ0v) is 17.4. The Morgan fingerprint density at radius 3 is 2.38 bits per heavy atom. The predicted octanol–water partition coefficient (Wildman–Crippen LogP) is 4.95. The van der Waals surface area contributed by atoms with Crippen LogP contribution < -0.4 is 0 Å². The van der Waals surface area contributed by atoms with Crippen molar-refractivity contribution in [1.29, 1.82) is 0 Å². The van der Waals surface area contributed by atoms with Crippen LogP contribution in [-0.2, 0) is 9.09 Å². The molecule has 4 nitrogen and oxygen atoms in total. The van der Waals surface area contributed by atoms with Crippen LogP contribution in [0.4, 0.5) is 0 Å². The second kappa shape index (κ2) is 7.07. The molecule has 0 bridgehead atoms. The summed E-state index contributed by atoms with van der Waals surface area (Å²) in [7, 11) is 4.35. The van der Waals surface area contributed by atoms with Crippen LogP contribution >= 0.6 is 7.67 Å². The second-order valence-corrected chi connectivity index (χ2v) is 11.0. The number of nitrogens with zero attached hydrogens (tertiary/aromatic N) is 2. The van der Waals surface area contributed by atoms with Gasteiger partial charge in [0.15, 0.2) is 0 Å². The monoisotopic (exact) mass is 354 g/mol. The summed E-state index contributed by atoms with van der Waals surface area (Å²) >= 11 is 0. The number of hydrogen-bond donors (Lipinski definition) is 0. The first kappa shape index (κ1) is 19.9. The van der Waals surface area contributed by atoms with Gasteiger partial charge in [0, 0.05) is 5.41 Å². The zero-order chi connectivity index (χ0) is 18.3. The van der Waals surface area contributed by atoms with Gasteiger partial charge in [0.1, 0.15) is 0 Å². The summed E-state index contributed by atoms with van der Waals surface area (Å²) in [6.07, 6.45) is 6.56. The highest BCUT2D eigenvalue weighted by molar-refractivity contribution is 7.53. The Morgan fingerprint density at radius 1 is 1.29 bits per heavy atom. The fourth-order valence-corrected chi connectivity index (χ4v) is 6.48. The first-order chi connectivity index (χ1) is 11.1. The molecule has 1 saturated carbocycles. The Hall–Kier alpha value is -0.410. The molecule has 0 saturated heterocycles. The first-order valence-corrected chi connectivity index (χ1v) is 10.5. The van der Waals surface area contributed by atoms with E-state index in [0.29, 0.717) is 11.8 Å². The fraction of sp³-hybridized carbons (Fsp3) is 0.789. The van der Waals surface area contributed by atoms with Crippen molar-refractivity contribution in [3.05, 3.63) is 23.8 Å². The normalized spacial score (nSPS) is 34.2. The lowest BCUT2D eigenvalue weighted by Gasteiger charge is -2.49. The molecule has 2 aliphatic rings. The minimum atomic E-state index is -3.01. The van der Waals surface area contributed by atoms with Gasteiger partial charge < -0.3 is 4.52 Å². The van der Waals surface area contributed by atoms with E-state index in [4.69, 9.17) is 4.52 Å². The van der Waals surface area contributed by atoms with Gasteiger partial charge in [0.2, 0.25) is 0 Å². The van der Waals surface area contributed by atoms with E-state index >= 15 is 0 Å². The molecular weight excluding hydrogens is 319 g/mol. The van der Waals surface area contributed by atoms with Crippen LogP contribution in [0.15, 0.2) is 23.8 Å². The topological polar surface area (TPSA) is 32.8 Å². The largest absolute Gasteiger partial charge is 0.345 e. The van der Waals surface area contributed by atoms with Gasteiger partial charge in [-0.15, -0.1) is 0 Å². The van der Waals surface area contributed by atoms with Gasteiger partial charge in [-0.25, -0.2) is 9.34 Å². The van der Waals surface area contributed by atoms with E-state index in [1.807, 2.05) is 28.2 Å².